The molecule has 0 radical (unpaired) electrons. The molecule has 0 spiro atoms. The number of rotatable bonds is 8. The number of thioether (sulfide) groups is 1. The summed E-state index contributed by atoms with van der Waals surface area (Å²) in [6.07, 6.45) is 0.864. The van der Waals surface area contributed by atoms with E-state index in [-0.39, 0.29) is 5.25 Å². The number of para-hydroxylation sites is 1. The minimum Gasteiger partial charge on any atom is -0.496 e. The summed E-state index contributed by atoms with van der Waals surface area (Å²) in [6.45, 7) is 4.55. The molecule has 154 valence electrons. The first-order valence-corrected chi connectivity index (χ1v) is 10.6. The van der Waals surface area contributed by atoms with Gasteiger partial charge in [-0.05, 0) is 31.0 Å². The van der Waals surface area contributed by atoms with Crippen LogP contribution in [-0.4, -0.2) is 32.1 Å². The van der Waals surface area contributed by atoms with Gasteiger partial charge in [0.15, 0.2) is 11.0 Å². The second-order valence-corrected chi connectivity index (χ2v) is 8.12. The van der Waals surface area contributed by atoms with Crippen LogP contribution < -0.4 is 4.74 Å². The Balaban J connectivity index is 1.67. The van der Waals surface area contributed by atoms with Crippen molar-refractivity contribution in [2.75, 3.05) is 7.11 Å². The topological polar surface area (TPSA) is 78.9 Å². The molecule has 7 nitrogen and oxygen atoms in total. The number of nitrogens with zero attached hydrogens (tertiary/aromatic N) is 5. The number of hydrogen-bond acceptors (Lipinski definition) is 7. The van der Waals surface area contributed by atoms with Crippen molar-refractivity contribution in [2.24, 2.45) is 0 Å². The Hall–Kier alpha value is -3.13. The molecule has 0 amide bonds. The Morgan fingerprint density at radius 1 is 1.00 bits per heavy atom. The number of methoxy groups -OCH3 is 1. The van der Waals surface area contributed by atoms with Crippen LogP contribution in [0.25, 0.3) is 11.4 Å². The molecule has 0 bridgehead atoms. The maximum Gasteiger partial charge on any atom is 0.229 e. The molecule has 1 unspecified atom stereocenters. The minimum absolute atomic E-state index is 0.0450. The van der Waals surface area contributed by atoms with Gasteiger partial charge in [0.2, 0.25) is 11.8 Å². The van der Waals surface area contributed by atoms with Crippen LogP contribution in [0, 0.1) is 6.92 Å². The predicted octanol–water partition coefficient (Wildman–Crippen LogP) is 4.74. The summed E-state index contributed by atoms with van der Waals surface area (Å²) in [7, 11) is 1.67. The highest BCUT2D eigenvalue weighted by atomic mass is 32.2. The molecular formula is C22H23N5O2S. The first-order valence-electron chi connectivity index (χ1n) is 9.73. The maximum atomic E-state index is 5.59. The average Bonchev–Trinajstić information content (AvgIpc) is 3.39. The maximum absolute atomic E-state index is 5.59. The van der Waals surface area contributed by atoms with Gasteiger partial charge in [-0.25, -0.2) is 0 Å². The molecule has 0 saturated carbocycles. The van der Waals surface area contributed by atoms with E-state index >= 15 is 0 Å². The van der Waals surface area contributed by atoms with E-state index in [1.807, 2.05) is 37.3 Å². The highest BCUT2D eigenvalue weighted by Gasteiger charge is 2.22. The minimum atomic E-state index is -0.0450. The van der Waals surface area contributed by atoms with E-state index in [0.717, 1.165) is 35.3 Å². The van der Waals surface area contributed by atoms with Gasteiger partial charge < -0.3 is 13.7 Å². The zero-order valence-corrected chi connectivity index (χ0v) is 18.0. The molecule has 2 heterocycles. The van der Waals surface area contributed by atoms with Crippen molar-refractivity contribution in [3.63, 3.8) is 0 Å². The first kappa shape index (κ1) is 20.2. The molecule has 0 fully saturated rings. The summed E-state index contributed by atoms with van der Waals surface area (Å²) in [5.74, 6) is 2.68. The molecule has 0 aliphatic rings. The van der Waals surface area contributed by atoms with E-state index in [9.17, 15) is 0 Å². The fraction of sp³-hybridized carbons (Fsp3) is 0.273. The molecule has 2 aromatic carbocycles. The van der Waals surface area contributed by atoms with Crippen LogP contribution in [-0.2, 0) is 13.0 Å². The lowest BCUT2D eigenvalue weighted by molar-refractivity contribution is 0.415. The predicted molar refractivity (Wildman–Crippen MR) is 115 cm³/mol. The molecule has 1 atom stereocenters. The van der Waals surface area contributed by atoms with E-state index in [4.69, 9.17) is 9.15 Å². The van der Waals surface area contributed by atoms with E-state index in [1.165, 1.54) is 5.56 Å². The van der Waals surface area contributed by atoms with Crippen molar-refractivity contribution in [1.82, 2.24) is 25.0 Å². The Morgan fingerprint density at radius 3 is 2.50 bits per heavy atom. The molecule has 4 aromatic rings. The third-order valence-corrected chi connectivity index (χ3v) is 5.77. The molecule has 0 aliphatic heterocycles. The Labute approximate surface area is 179 Å². The summed E-state index contributed by atoms with van der Waals surface area (Å²) < 4.78 is 13.3. The van der Waals surface area contributed by atoms with Crippen LogP contribution in [0.3, 0.4) is 0 Å². The van der Waals surface area contributed by atoms with Crippen LogP contribution in [0.15, 0.2) is 64.2 Å². The molecule has 8 heteroatoms. The zero-order chi connectivity index (χ0) is 20.9. The molecule has 2 aromatic heterocycles. The monoisotopic (exact) mass is 421 g/mol. The molecule has 4 rings (SSSR count). The highest BCUT2D eigenvalue weighted by Crippen LogP contribution is 2.36. The standard InChI is InChI=1S/C22H23N5O2S/c1-15(21-25-23-16(2)29-21)30-22-26-24-20(18-11-7-8-12-19(18)28-3)27(22)14-13-17-9-5-4-6-10-17/h4-12,15H,13-14H2,1-3H3. The van der Waals surface area contributed by atoms with Crippen LogP contribution in [0.5, 0.6) is 5.75 Å². The fourth-order valence-electron chi connectivity index (χ4n) is 3.18. The number of aryl methyl sites for hydroxylation is 2. The van der Waals surface area contributed by atoms with E-state index in [2.05, 4.69) is 49.2 Å². The molecule has 30 heavy (non-hydrogen) atoms. The highest BCUT2D eigenvalue weighted by molar-refractivity contribution is 7.99. The number of benzene rings is 2. The third-order valence-electron chi connectivity index (χ3n) is 4.70. The van der Waals surface area contributed by atoms with Crippen LogP contribution in [0.2, 0.25) is 0 Å². The number of ether oxygens (including phenoxy) is 1. The van der Waals surface area contributed by atoms with Gasteiger partial charge in [-0.15, -0.1) is 20.4 Å². The van der Waals surface area contributed by atoms with Gasteiger partial charge in [0.05, 0.1) is 17.9 Å². The summed E-state index contributed by atoms with van der Waals surface area (Å²) in [4.78, 5) is 0. The van der Waals surface area contributed by atoms with Gasteiger partial charge in [-0.3, -0.25) is 0 Å². The van der Waals surface area contributed by atoms with Crippen molar-refractivity contribution in [1.29, 1.82) is 0 Å². The van der Waals surface area contributed by atoms with Crippen molar-refractivity contribution < 1.29 is 9.15 Å². The summed E-state index contributed by atoms with van der Waals surface area (Å²) in [6, 6.07) is 18.2. The Bertz CT molecular complexity index is 1110. The van der Waals surface area contributed by atoms with Gasteiger partial charge >= 0.3 is 0 Å². The quantitative estimate of drug-likeness (QED) is 0.380. The van der Waals surface area contributed by atoms with E-state index in [1.54, 1.807) is 25.8 Å². The summed E-state index contributed by atoms with van der Waals surface area (Å²) >= 11 is 1.55. The van der Waals surface area contributed by atoms with Crippen LogP contribution in [0.1, 0.15) is 29.5 Å². The van der Waals surface area contributed by atoms with Gasteiger partial charge in [0, 0.05) is 13.5 Å². The number of aromatic nitrogens is 5. The van der Waals surface area contributed by atoms with Crippen molar-refractivity contribution in [3.05, 3.63) is 71.9 Å². The SMILES string of the molecule is COc1ccccc1-c1nnc(SC(C)c2nnc(C)o2)n1CCc1ccccc1. The Kier molecular flexibility index (Phi) is 6.13. The van der Waals surface area contributed by atoms with Crippen molar-refractivity contribution in [3.8, 4) is 17.1 Å². The second-order valence-electron chi connectivity index (χ2n) is 6.81. The summed E-state index contributed by atoms with van der Waals surface area (Å²) in [5.41, 5.74) is 2.17. The lowest BCUT2D eigenvalue weighted by atomic mass is 10.1. The Morgan fingerprint density at radius 2 is 1.77 bits per heavy atom. The zero-order valence-electron chi connectivity index (χ0n) is 17.1. The van der Waals surface area contributed by atoms with E-state index < -0.39 is 0 Å². The number of hydrogen-bond donors (Lipinski definition) is 0. The normalized spacial score (nSPS) is 12.1. The molecule has 0 N–H and O–H groups in total. The lowest BCUT2D eigenvalue weighted by Gasteiger charge is -2.13. The van der Waals surface area contributed by atoms with E-state index in [0.29, 0.717) is 11.8 Å². The van der Waals surface area contributed by atoms with Gasteiger partial charge in [0.25, 0.3) is 0 Å². The molecule has 0 saturated heterocycles. The van der Waals surface area contributed by atoms with Gasteiger partial charge in [-0.1, -0.05) is 54.2 Å². The van der Waals surface area contributed by atoms with Gasteiger partial charge in [0.1, 0.15) is 5.75 Å². The van der Waals surface area contributed by atoms with Crippen LogP contribution >= 0.6 is 11.8 Å². The largest absolute Gasteiger partial charge is 0.496 e. The van der Waals surface area contributed by atoms with Gasteiger partial charge in [-0.2, -0.15) is 0 Å². The third kappa shape index (κ3) is 4.38. The second kappa shape index (κ2) is 9.13. The fourth-order valence-corrected chi connectivity index (χ4v) is 4.08. The van der Waals surface area contributed by atoms with Crippen molar-refractivity contribution >= 4 is 11.8 Å². The van der Waals surface area contributed by atoms with Crippen LogP contribution in [0.4, 0.5) is 0 Å². The summed E-state index contributed by atoms with van der Waals surface area (Å²) in [5, 5.41) is 17.8. The van der Waals surface area contributed by atoms with Crippen molar-refractivity contribution in [2.45, 2.75) is 37.2 Å². The molecule has 0 aliphatic carbocycles. The molecular weight excluding hydrogens is 398 g/mol. The smallest absolute Gasteiger partial charge is 0.229 e. The first-order chi connectivity index (χ1) is 14.7. The average molecular weight is 422 g/mol. The lowest BCUT2D eigenvalue weighted by Crippen LogP contribution is -2.06.